The number of hydrogen-bond acceptors (Lipinski definition) is 5. The van der Waals surface area contributed by atoms with Gasteiger partial charge in [0.15, 0.2) is 11.8 Å². The van der Waals surface area contributed by atoms with E-state index in [0.717, 1.165) is 42.9 Å². The summed E-state index contributed by atoms with van der Waals surface area (Å²) in [6.45, 7) is 6.43. The van der Waals surface area contributed by atoms with Gasteiger partial charge in [0.1, 0.15) is 12.4 Å². The van der Waals surface area contributed by atoms with Gasteiger partial charge in [-0.05, 0) is 37.5 Å². The standard InChI is InChI=1S/C19H30N6S2/c1-15(27-17-9-6-5-7-10-17)13-21-19(20-11-8-12-26-4)22-14-18-24-23-16(2)25(18)3/h5-7,9-10,15H,8,11-14H2,1-4H3,(H2,20,21,22). The van der Waals surface area contributed by atoms with Gasteiger partial charge in [-0.25, -0.2) is 4.99 Å². The largest absolute Gasteiger partial charge is 0.356 e. The highest BCUT2D eigenvalue weighted by Gasteiger charge is 2.08. The molecule has 2 aromatic rings. The van der Waals surface area contributed by atoms with Crippen LogP contribution in [0.1, 0.15) is 25.0 Å². The maximum atomic E-state index is 4.70. The molecule has 0 radical (unpaired) electrons. The Morgan fingerprint density at radius 3 is 2.67 bits per heavy atom. The molecule has 0 bridgehead atoms. The first-order valence-corrected chi connectivity index (χ1v) is 11.4. The molecular weight excluding hydrogens is 376 g/mol. The highest BCUT2D eigenvalue weighted by molar-refractivity contribution is 8.00. The highest BCUT2D eigenvalue weighted by atomic mass is 32.2. The third kappa shape index (κ3) is 7.84. The van der Waals surface area contributed by atoms with Crippen LogP contribution in [0.5, 0.6) is 0 Å². The summed E-state index contributed by atoms with van der Waals surface area (Å²) in [6, 6.07) is 10.5. The normalized spacial score (nSPS) is 12.8. The minimum absolute atomic E-state index is 0.433. The molecular formula is C19H30N6S2. The van der Waals surface area contributed by atoms with E-state index < -0.39 is 0 Å². The Bertz CT molecular complexity index is 701. The minimum Gasteiger partial charge on any atom is -0.356 e. The zero-order chi connectivity index (χ0) is 19.5. The Kier molecular flexibility index (Phi) is 9.55. The molecule has 2 rings (SSSR count). The summed E-state index contributed by atoms with van der Waals surface area (Å²) in [6.07, 6.45) is 3.24. The highest BCUT2D eigenvalue weighted by Crippen LogP contribution is 2.21. The molecule has 1 aromatic heterocycles. The second-order valence-corrected chi connectivity index (χ2v) is 8.78. The Balaban J connectivity index is 1.90. The van der Waals surface area contributed by atoms with Crippen molar-refractivity contribution >= 4 is 29.5 Å². The first kappa shape index (κ1) is 21.6. The second kappa shape index (κ2) is 11.9. The topological polar surface area (TPSA) is 67.1 Å². The molecule has 1 aromatic carbocycles. The molecule has 148 valence electrons. The fraction of sp³-hybridized carbons (Fsp3) is 0.526. The van der Waals surface area contributed by atoms with Crippen LogP contribution in [0.3, 0.4) is 0 Å². The molecule has 27 heavy (non-hydrogen) atoms. The fourth-order valence-electron chi connectivity index (χ4n) is 2.35. The van der Waals surface area contributed by atoms with Crippen LogP contribution in [0.2, 0.25) is 0 Å². The fourth-order valence-corrected chi connectivity index (χ4v) is 3.73. The van der Waals surface area contributed by atoms with E-state index in [0.29, 0.717) is 11.8 Å². The Morgan fingerprint density at radius 2 is 2.00 bits per heavy atom. The lowest BCUT2D eigenvalue weighted by Gasteiger charge is -2.16. The number of thioether (sulfide) groups is 2. The summed E-state index contributed by atoms with van der Waals surface area (Å²) in [5.41, 5.74) is 0. The van der Waals surface area contributed by atoms with E-state index in [-0.39, 0.29) is 0 Å². The first-order valence-electron chi connectivity index (χ1n) is 9.18. The van der Waals surface area contributed by atoms with Crippen molar-refractivity contribution in [1.29, 1.82) is 0 Å². The zero-order valence-corrected chi connectivity index (χ0v) is 18.2. The monoisotopic (exact) mass is 406 g/mol. The smallest absolute Gasteiger partial charge is 0.191 e. The molecule has 1 atom stereocenters. The van der Waals surface area contributed by atoms with Crippen LogP contribution >= 0.6 is 23.5 Å². The van der Waals surface area contributed by atoms with E-state index in [1.165, 1.54) is 4.90 Å². The number of rotatable bonds is 10. The molecule has 0 aliphatic carbocycles. The van der Waals surface area contributed by atoms with Gasteiger partial charge < -0.3 is 15.2 Å². The second-order valence-electron chi connectivity index (χ2n) is 6.28. The minimum atomic E-state index is 0.433. The van der Waals surface area contributed by atoms with Crippen molar-refractivity contribution in [1.82, 2.24) is 25.4 Å². The van der Waals surface area contributed by atoms with E-state index >= 15 is 0 Å². The number of nitrogens with one attached hydrogen (secondary N) is 2. The Morgan fingerprint density at radius 1 is 1.22 bits per heavy atom. The van der Waals surface area contributed by atoms with Gasteiger partial charge in [-0.1, -0.05) is 25.1 Å². The SMILES string of the molecule is CSCCCNC(=NCc1nnc(C)n1C)NCC(C)Sc1ccccc1. The summed E-state index contributed by atoms with van der Waals surface area (Å²) in [4.78, 5) is 5.98. The number of nitrogens with zero attached hydrogens (tertiary/aromatic N) is 4. The van der Waals surface area contributed by atoms with Crippen molar-refractivity contribution < 1.29 is 0 Å². The molecule has 0 spiro atoms. The van der Waals surface area contributed by atoms with Crippen molar-refractivity contribution in [3.8, 4) is 0 Å². The molecule has 0 aliphatic heterocycles. The van der Waals surface area contributed by atoms with Crippen LogP contribution in [0.25, 0.3) is 0 Å². The lowest BCUT2D eigenvalue weighted by Crippen LogP contribution is -2.40. The quantitative estimate of drug-likeness (QED) is 0.274. The molecule has 2 N–H and O–H groups in total. The summed E-state index contributed by atoms with van der Waals surface area (Å²) in [5, 5.41) is 15.6. The van der Waals surface area contributed by atoms with Gasteiger partial charge in [0.2, 0.25) is 0 Å². The third-order valence-corrected chi connectivity index (χ3v) is 5.83. The number of aryl methyl sites for hydroxylation is 1. The first-order chi connectivity index (χ1) is 13.1. The molecule has 0 aliphatic rings. The molecule has 0 saturated carbocycles. The predicted molar refractivity (Wildman–Crippen MR) is 118 cm³/mol. The van der Waals surface area contributed by atoms with Crippen molar-refractivity contribution in [2.75, 3.05) is 25.1 Å². The van der Waals surface area contributed by atoms with Crippen molar-refractivity contribution in [2.24, 2.45) is 12.0 Å². The summed E-state index contributed by atoms with van der Waals surface area (Å²) < 4.78 is 1.97. The zero-order valence-electron chi connectivity index (χ0n) is 16.6. The number of guanidine groups is 1. The lowest BCUT2D eigenvalue weighted by molar-refractivity contribution is 0.741. The maximum Gasteiger partial charge on any atom is 0.191 e. The van der Waals surface area contributed by atoms with Gasteiger partial charge >= 0.3 is 0 Å². The van der Waals surface area contributed by atoms with E-state index in [1.807, 2.05) is 48.1 Å². The summed E-state index contributed by atoms with van der Waals surface area (Å²) in [5.74, 6) is 3.74. The summed E-state index contributed by atoms with van der Waals surface area (Å²) in [7, 11) is 1.97. The summed E-state index contributed by atoms with van der Waals surface area (Å²) >= 11 is 3.73. The Hall–Kier alpha value is -1.67. The number of aromatic nitrogens is 3. The number of hydrogen-bond donors (Lipinski definition) is 2. The average Bonchev–Trinajstić information content (AvgIpc) is 2.99. The van der Waals surface area contributed by atoms with Gasteiger partial charge in [-0.15, -0.1) is 22.0 Å². The Labute approximate surface area is 171 Å². The van der Waals surface area contributed by atoms with Crippen LogP contribution in [0.4, 0.5) is 0 Å². The molecule has 1 unspecified atom stereocenters. The molecule has 0 fully saturated rings. The van der Waals surface area contributed by atoms with Crippen LogP contribution in [0.15, 0.2) is 40.2 Å². The lowest BCUT2D eigenvalue weighted by atomic mass is 10.4. The third-order valence-electron chi connectivity index (χ3n) is 4.02. The van der Waals surface area contributed by atoms with Crippen LogP contribution in [-0.2, 0) is 13.6 Å². The van der Waals surface area contributed by atoms with Gasteiger partial charge in [0.25, 0.3) is 0 Å². The predicted octanol–water partition coefficient (Wildman–Crippen LogP) is 3.09. The number of aliphatic imine (C=N–C) groups is 1. The molecule has 8 heteroatoms. The molecule has 1 heterocycles. The molecule has 6 nitrogen and oxygen atoms in total. The van der Waals surface area contributed by atoms with Crippen molar-refractivity contribution in [2.45, 2.75) is 37.0 Å². The molecule has 0 amide bonds. The van der Waals surface area contributed by atoms with Gasteiger partial charge in [-0.3, -0.25) is 0 Å². The van der Waals surface area contributed by atoms with Gasteiger partial charge in [0.05, 0.1) is 0 Å². The van der Waals surface area contributed by atoms with E-state index in [9.17, 15) is 0 Å². The average molecular weight is 407 g/mol. The van der Waals surface area contributed by atoms with Crippen LogP contribution in [0, 0.1) is 6.92 Å². The number of benzene rings is 1. The van der Waals surface area contributed by atoms with Crippen LogP contribution in [-0.4, -0.2) is 51.1 Å². The molecule has 0 saturated heterocycles. The van der Waals surface area contributed by atoms with Crippen LogP contribution < -0.4 is 10.6 Å². The van der Waals surface area contributed by atoms with Gasteiger partial charge in [-0.2, -0.15) is 11.8 Å². The van der Waals surface area contributed by atoms with E-state index in [4.69, 9.17) is 4.99 Å². The van der Waals surface area contributed by atoms with Gasteiger partial charge in [0, 0.05) is 30.3 Å². The maximum absolute atomic E-state index is 4.70. The van der Waals surface area contributed by atoms with Crippen molar-refractivity contribution in [3.63, 3.8) is 0 Å². The van der Waals surface area contributed by atoms with E-state index in [1.54, 1.807) is 0 Å². The van der Waals surface area contributed by atoms with E-state index in [2.05, 4.69) is 58.3 Å². The van der Waals surface area contributed by atoms with Crippen molar-refractivity contribution in [3.05, 3.63) is 42.0 Å².